The van der Waals surface area contributed by atoms with Crippen LogP contribution in [-0.4, -0.2) is 57.4 Å². The molecule has 8 heteroatoms. The van der Waals surface area contributed by atoms with E-state index in [1.54, 1.807) is 4.90 Å². The third-order valence-electron chi connectivity index (χ3n) is 5.04. The van der Waals surface area contributed by atoms with Gasteiger partial charge in [-0.1, -0.05) is 24.3 Å². The van der Waals surface area contributed by atoms with Crippen molar-refractivity contribution in [2.75, 3.05) is 33.3 Å². The highest BCUT2D eigenvalue weighted by Crippen LogP contribution is 2.24. The van der Waals surface area contributed by atoms with Crippen LogP contribution in [-0.2, 0) is 16.6 Å². The van der Waals surface area contributed by atoms with E-state index in [9.17, 15) is 13.2 Å². The first-order chi connectivity index (χ1) is 13.3. The summed E-state index contributed by atoms with van der Waals surface area (Å²) in [5, 5.41) is 5.20. The molecular formula is C20H25N3O4S. The van der Waals surface area contributed by atoms with Crippen LogP contribution in [0.4, 0.5) is 0 Å². The van der Waals surface area contributed by atoms with Crippen LogP contribution in [0.5, 0.6) is 5.75 Å². The molecule has 0 aromatic heterocycles. The van der Waals surface area contributed by atoms with E-state index in [0.29, 0.717) is 18.8 Å². The molecule has 2 aromatic rings. The standard InChI is InChI=1S/C20H25N3O4S/c1-15-5-3-4-6-16(15)14-22-9-11-23(12-10-22)20(24)18-13-17(28(21,25)26)7-8-19(18)27-2/h3-8,13H,9-12,14H2,1-2H3,(H2,21,25,26). The van der Waals surface area contributed by atoms with Gasteiger partial charge in [0.2, 0.25) is 10.0 Å². The molecule has 0 unspecified atom stereocenters. The fourth-order valence-electron chi connectivity index (χ4n) is 3.34. The van der Waals surface area contributed by atoms with Gasteiger partial charge < -0.3 is 9.64 Å². The lowest BCUT2D eigenvalue weighted by Crippen LogP contribution is -2.48. The summed E-state index contributed by atoms with van der Waals surface area (Å²) in [4.78, 5) is 16.9. The van der Waals surface area contributed by atoms with E-state index in [1.807, 2.05) is 12.1 Å². The number of primary sulfonamides is 1. The number of benzene rings is 2. The van der Waals surface area contributed by atoms with E-state index in [4.69, 9.17) is 9.88 Å². The number of amides is 1. The van der Waals surface area contributed by atoms with E-state index in [0.717, 1.165) is 19.6 Å². The summed E-state index contributed by atoms with van der Waals surface area (Å²) in [6, 6.07) is 12.4. The number of carbonyl (C=O) groups is 1. The van der Waals surface area contributed by atoms with Gasteiger partial charge in [-0.3, -0.25) is 9.69 Å². The monoisotopic (exact) mass is 403 g/mol. The van der Waals surface area contributed by atoms with Gasteiger partial charge in [-0.2, -0.15) is 0 Å². The average Bonchev–Trinajstić information content (AvgIpc) is 2.68. The highest BCUT2D eigenvalue weighted by Gasteiger charge is 2.25. The van der Waals surface area contributed by atoms with Gasteiger partial charge in [-0.25, -0.2) is 13.6 Å². The Labute approximate surface area is 165 Å². The number of ether oxygens (including phenoxy) is 1. The van der Waals surface area contributed by atoms with Gasteiger partial charge in [0.15, 0.2) is 0 Å². The van der Waals surface area contributed by atoms with Crippen molar-refractivity contribution in [3.05, 3.63) is 59.2 Å². The van der Waals surface area contributed by atoms with Crippen LogP contribution in [0.1, 0.15) is 21.5 Å². The molecule has 0 radical (unpaired) electrons. The van der Waals surface area contributed by atoms with Gasteiger partial charge in [0, 0.05) is 32.7 Å². The molecule has 2 N–H and O–H groups in total. The fraction of sp³-hybridized carbons (Fsp3) is 0.350. The maximum atomic E-state index is 13.0. The van der Waals surface area contributed by atoms with Crippen LogP contribution in [0.15, 0.2) is 47.4 Å². The third-order valence-corrected chi connectivity index (χ3v) is 5.96. The molecule has 0 saturated carbocycles. The van der Waals surface area contributed by atoms with Gasteiger partial charge in [0.25, 0.3) is 5.91 Å². The number of hydrogen-bond acceptors (Lipinski definition) is 5. The second-order valence-corrected chi connectivity index (χ2v) is 8.46. The Kier molecular flexibility index (Phi) is 6.02. The minimum absolute atomic E-state index is 0.102. The van der Waals surface area contributed by atoms with Crippen molar-refractivity contribution >= 4 is 15.9 Å². The summed E-state index contributed by atoms with van der Waals surface area (Å²) in [5.74, 6) is 0.0811. The van der Waals surface area contributed by atoms with E-state index in [-0.39, 0.29) is 16.4 Å². The molecule has 1 aliphatic rings. The molecule has 150 valence electrons. The Morgan fingerprint density at radius 1 is 1.11 bits per heavy atom. The molecule has 3 rings (SSSR count). The first-order valence-corrected chi connectivity index (χ1v) is 10.6. The van der Waals surface area contributed by atoms with Gasteiger partial charge in [0.1, 0.15) is 5.75 Å². The smallest absolute Gasteiger partial charge is 0.257 e. The summed E-state index contributed by atoms with van der Waals surface area (Å²) in [6.45, 7) is 5.56. The van der Waals surface area contributed by atoms with E-state index in [1.165, 1.54) is 36.4 Å². The van der Waals surface area contributed by atoms with E-state index < -0.39 is 10.0 Å². The zero-order chi connectivity index (χ0) is 20.3. The predicted octanol–water partition coefficient (Wildman–Crippen LogP) is 1.61. The molecule has 0 aliphatic carbocycles. The highest BCUT2D eigenvalue weighted by atomic mass is 32.2. The largest absolute Gasteiger partial charge is 0.496 e. The van der Waals surface area contributed by atoms with Crippen LogP contribution in [0.3, 0.4) is 0 Å². The molecular weight excluding hydrogens is 378 g/mol. The number of nitrogens with zero attached hydrogens (tertiary/aromatic N) is 2. The SMILES string of the molecule is COc1ccc(S(N)(=O)=O)cc1C(=O)N1CCN(Cc2ccccc2C)CC1. The summed E-state index contributed by atoms with van der Waals surface area (Å²) >= 11 is 0. The number of sulfonamides is 1. The van der Waals surface area contributed by atoms with Gasteiger partial charge in [-0.05, 0) is 36.2 Å². The summed E-state index contributed by atoms with van der Waals surface area (Å²) < 4.78 is 28.5. The van der Waals surface area contributed by atoms with Crippen molar-refractivity contribution in [2.24, 2.45) is 5.14 Å². The maximum absolute atomic E-state index is 13.0. The van der Waals surface area contributed by atoms with E-state index in [2.05, 4.69) is 24.0 Å². The Morgan fingerprint density at radius 3 is 2.39 bits per heavy atom. The van der Waals surface area contributed by atoms with Crippen molar-refractivity contribution in [3.8, 4) is 5.75 Å². The van der Waals surface area contributed by atoms with E-state index >= 15 is 0 Å². The van der Waals surface area contributed by atoms with Crippen molar-refractivity contribution in [1.29, 1.82) is 0 Å². The summed E-state index contributed by atoms with van der Waals surface area (Å²) in [6.07, 6.45) is 0. The number of aryl methyl sites for hydroxylation is 1. The van der Waals surface area contributed by atoms with Crippen molar-refractivity contribution in [3.63, 3.8) is 0 Å². The van der Waals surface area contributed by atoms with Crippen molar-refractivity contribution < 1.29 is 17.9 Å². The summed E-state index contributed by atoms with van der Waals surface area (Å²) in [7, 11) is -2.45. The Hall–Kier alpha value is -2.42. The van der Waals surface area contributed by atoms with Crippen molar-refractivity contribution in [2.45, 2.75) is 18.4 Å². The van der Waals surface area contributed by atoms with Gasteiger partial charge in [-0.15, -0.1) is 0 Å². The molecule has 1 heterocycles. The predicted molar refractivity (Wildman–Crippen MR) is 107 cm³/mol. The van der Waals surface area contributed by atoms with Crippen LogP contribution in [0.25, 0.3) is 0 Å². The second-order valence-electron chi connectivity index (χ2n) is 6.90. The van der Waals surface area contributed by atoms with Gasteiger partial charge >= 0.3 is 0 Å². The molecule has 1 saturated heterocycles. The average molecular weight is 404 g/mol. The third kappa shape index (κ3) is 4.52. The zero-order valence-corrected chi connectivity index (χ0v) is 16.9. The molecule has 2 aromatic carbocycles. The lowest BCUT2D eigenvalue weighted by atomic mass is 10.1. The summed E-state index contributed by atoms with van der Waals surface area (Å²) in [5.41, 5.74) is 2.75. The topological polar surface area (TPSA) is 92.9 Å². The minimum atomic E-state index is -3.90. The van der Waals surface area contributed by atoms with Crippen LogP contribution < -0.4 is 9.88 Å². The molecule has 0 atom stereocenters. The normalized spacial score (nSPS) is 15.5. The Balaban J connectivity index is 1.71. The lowest BCUT2D eigenvalue weighted by Gasteiger charge is -2.35. The first kappa shape index (κ1) is 20.3. The number of nitrogens with two attached hydrogens (primary N) is 1. The van der Waals surface area contributed by atoms with Crippen LogP contribution in [0, 0.1) is 6.92 Å². The second kappa shape index (κ2) is 8.30. The number of methoxy groups -OCH3 is 1. The van der Waals surface area contributed by atoms with Gasteiger partial charge in [0.05, 0.1) is 17.6 Å². The maximum Gasteiger partial charge on any atom is 0.257 e. The zero-order valence-electron chi connectivity index (χ0n) is 16.1. The van der Waals surface area contributed by atoms with Crippen LogP contribution >= 0.6 is 0 Å². The lowest BCUT2D eigenvalue weighted by molar-refractivity contribution is 0.0624. The minimum Gasteiger partial charge on any atom is -0.496 e. The first-order valence-electron chi connectivity index (χ1n) is 9.06. The fourth-order valence-corrected chi connectivity index (χ4v) is 3.88. The number of piperazine rings is 1. The molecule has 1 amide bonds. The highest BCUT2D eigenvalue weighted by molar-refractivity contribution is 7.89. The number of rotatable bonds is 5. The Morgan fingerprint density at radius 2 is 1.79 bits per heavy atom. The van der Waals surface area contributed by atoms with Crippen LogP contribution in [0.2, 0.25) is 0 Å². The molecule has 1 aliphatic heterocycles. The van der Waals surface area contributed by atoms with Crippen molar-refractivity contribution in [1.82, 2.24) is 9.80 Å². The molecule has 7 nitrogen and oxygen atoms in total. The molecule has 0 spiro atoms. The molecule has 28 heavy (non-hydrogen) atoms. The number of carbonyl (C=O) groups excluding carboxylic acids is 1. The number of hydrogen-bond donors (Lipinski definition) is 1. The molecule has 0 bridgehead atoms. The quantitative estimate of drug-likeness (QED) is 0.819. The molecule has 1 fully saturated rings. The Bertz CT molecular complexity index is 967.